The second-order valence-corrected chi connectivity index (χ2v) is 11.9. The average Bonchev–Trinajstić information content (AvgIpc) is 3.00. The number of fused-ring (bicyclic) bond motifs is 1. The Balaban J connectivity index is 1.45. The summed E-state index contributed by atoms with van der Waals surface area (Å²) in [4.78, 5) is 1.06. The molecule has 0 aromatic heterocycles. The van der Waals surface area contributed by atoms with Crippen LogP contribution >= 0.6 is 11.8 Å². The molecule has 3 aromatic carbocycles. The molecule has 2 saturated heterocycles. The Kier molecular flexibility index (Phi) is 9.84. The predicted octanol–water partition coefficient (Wildman–Crippen LogP) is 6.12. The predicted molar refractivity (Wildman–Crippen MR) is 157 cm³/mol. The van der Waals surface area contributed by atoms with E-state index in [4.69, 9.17) is 33.2 Å². The molecule has 220 valence electrons. The molecule has 0 bridgehead atoms. The lowest BCUT2D eigenvalue weighted by Gasteiger charge is -2.57. The number of hydrogen-bond acceptors (Lipinski definition) is 8. The minimum absolute atomic E-state index is 0.317. The van der Waals surface area contributed by atoms with Crippen molar-refractivity contribution in [1.82, 2.24) is 0 Å². The van der Waals surface area contributed by atoms with Crippen LogP contribution in [0.25, 0.3) is 0 Å². The highest BCUT2D eigenvalue weighted by molar-refractivity contribution is 7.99. The number of rotatable bonds is 11. The average molecular weight is 581 g/mol. The van der Waals surface area contributed by atoms with Gasteiger partial charge in [-0.3, -0.25) is 0 Å². The fourth-order valence-electron chi connectivity index (χ4n) is 5.15. The van der Waals surface area contributed by atoms with Crippen LogP contribution in [0.4, 0.5) is 0 Å². The third-order valence-electron chi connectivity index (χ3n) is 7.87. The molecule has 5 rings (SSSR count). The zero-order valence-corrected chi connectivity index (χ0v) is 25.2. The first-order chi connectivity index (χ1) is 19.8. The SMILES string of the molecule is CO[C@]1(C)O[C@@H]2[C@@H](O[C@@]1(C)OC)[C@H](Sc1ccc(C)cc1)O[C@H](COCc1ccccc1)[C@H]2OCc1ccccc1. The van der Waals surface area contributed by atoms with E-state index in [2.05, 4.69) is 31.2 Å². The Morgan fingerprint density at radius 2 is 1.29 bits per heavy atom. The molecule has 41 heavy (non-hydrogen) atoms. The number of thioether (sulfide) groups is 1. The Bertz CT molecular complexity index is 1230. The van der Waals surface area contributed by atoms with E-state index >= 15 is 0 Å². The molecule has 0 saturated carbocycles. The molecule has 8 heteroatoms. The molecule has 0 amide bonds. The van der Waals surface area contributed by atoms with Crippen molar-refractivity contribution in [1.29, 1.82) is 0 Å². The van der Waals surface area contributed by atoms with Gasteiger partial charge in [-0.25, -0.2) is 0 Å². The summed E-state index contributed by atoms with van der Waals surface area (Å²) >= 11 is 1.59. The lowest BCUT2D eigenvalue weighted by molar-refractivity contribution is -0.469. The van der Waals surface area contributed by atoms with Gasteiger partial charge in [0.15, 0.2) is 0 Å². The van der Waals surface area contributed by atoms with E-state index in [9.17, 15) is 0 Å². The lowest BCUT2D eigenvalue weighted by Crippen LogP contribution is -2.72. The molecular weight excluding hydrogens is 540 g/mol. The maximum Gasteiger partial charge on any atom is 0.220 e. The summed E-state index contributed by atoms with van der Waals surface area (Å²) < 4.78 is 44.8. The molecule has 2 fully saturated rings. The van der Waals surface area contributed by atoms with E-state index in [0.29, 0.717) is 19.8 Å². The van der Waals surface area contributed by atoms with Crippen LogP contribution in [-0.4, -0.2) is 62.3 Å². The standard InChI is InChI=1S/C33H40O7S/c1-23-16-18-26(19-17-23)41-31-30-29(39-32(2,34-4)33(3,35-5)40-30)28(37-21-25-14-10-7-11-15-25)27(38-31)22-36-20-24-12-8-6-9-13-24/h6-19,27-31H,20-22H2,1-5H3/t27-,28-,29+,30-,31+,32-,33-/m1/s1. The van der Waals surface area contributed by atoms with Gasteiger partial charge in [-0.1, -0.05) is 90.1 Å². The maximum atomic E-state index is 6.78. The molecule has 7 nitrogen and oxygen atoms in total. The summed E-state index contributed by atoms with van der Waals surface area (Å²) in [6.07, 6.45) is -1.96. The van der Waals surface area contributed by atoms with Crippen LogP contribution in [0.2, 0.25) is 0 Å². The van der Waals surface area contributed by atoms with Crippen LogP contribution in [0.3, 0.4) is 0 Å². The van der Waals surface area contributed by atoms with Crippen LogP contribution in [0, 0.1) is 6.92 Å². The van der Waals surface area contributed by atoms with Gasteiger partial charge in [-0.05, 0) is 44.0 Å². The summed E-state index contributed by atoms with van der Waals surface area (Å²) in [5, 5.41) is 0. The van der Waals surface area contributed by atoms with Gasteiger partial charge in [-0.15, -0.1) is 0 Å². The molecule has 7 atom stereocenters. The number of benzene rings is 3. The van der Waals surface area contributed by atoms with Crippen molar-refractivity contribution in [3.63, 3.8) is 0 Å². The molecule has 2 aliphatic heterocycles. The van der Waals surface area contributed by atoms with E-state index in [-0.39, 0.29) is 0 Å². The first-order valence-corrected chi connectivity index (χ1v) is 14.8. The van der Waals surface area contributed by atoms with Gasteiger partial charge < -0.3 is 33.2 Å². The van der Waals surface area contributed by atoms with Crippen molar-refractivity contribution in [2.24, 2.45) is 0 Å². The fraction of sp³-hybridized carbons (Fsp3) is 0.455. The summed E-state index contributed by atoms with van der Waals surface area (Å²) in [5.74, 6) is -2.37. The van der Waals surface area contributed by atoms with Crippen LogP contribution in [0.1, 0.15) is 30.5 Å². The van der Waals surface area contributed by atoms with Crippen LogP contribution < -0.4 is 0 Å². The highest BCUT2D eigenvalue weighted by Gasteiger charge is 2.62. The zero-order chi connectivity index (χ0) is 28.9. The Labute approximate surface area is 247 Å². The monoisotopic (exact) mass is 580 g/mol. The van der Waals surface area contributed by atoms with Crippen LogP contribution in [-0.2, 0) is 46.4 Å². The van der Waals surface area contributed by atoms with E-state index < -0.39 is 41.4 Å². The number of methoxy groups -OCH3 is 2. The molecule has 0 radical (unpaired) electrons. The molecule has 2 aliphatic rings. The molecule has 0 aliphatic carbocycles. The molecule has 3 aromatic rings. The first kappa shape index (κ1) is 30.2. The summed E-state index contributed by atoms with van der Waals surface area (Å²) in [6, 6.07) is 28.5. The van der Waals surface area contributed by atoms with Crippen molar-refractivity contribution in [2.75, 3.05) is 20.8 Å². The third-order valence-corrected chi connectivity index (χ3v) is 9.03. The van der Waals surface area contributed by atoms with E-state index in [1.54, 1.807) is 26.0 Å². The quantitative estimate of drug-likeness (QED) is 0.269. The molecule has 2 heterocycles. The van der Waals surface area contributed by atoms with Gasteiger partial charge in [-0.2, -0.15) is 0 Å². The van der Waals surface area contributed by atoms with Crippen molar-refractivity contribution in [3.8, 4) is 0 Å². The third kappa shape index (κ3) is 6.87. The minimum atomic E-state index is -1.19. The van der Waals surface area contributed by atoms with Crippen LogP contribution in [0.5, 0.6) is 0 Å². The normalized spacial score (nSPS) is 31.5. The minimum Gasteiger partial charge on any atom is -0.374 e. The Morgan fingerprint density at radius 1 is 0.732 bits per heavy atom. The van der Waals surface area contributed by atoms with Gasteiger partial charge in [0.2, 0.25) is 11.6 Å². The highest BCUT2D eigenvalue weighted by atomic mass is 32.2. The smallest absolute Gasteiger partial charge is 0.220 e. The van der Waals surface area contributed by atoms with Crippen molar-refractivity contribution < 1.29 is 33.2 Å². The fourth-order valence-corrected chi connectivity index (χ4v) is 6.26. The van der Waals surface area contributed by atoms with E-state index in [0.717, 1.165) is 16.0 Å². The Morgan fingerprint density at radius 3 is 1.88 bits per heavy atom. The van der Waals surface area contributed by atoms with E-state index in [1.807, 2.05) is 74.5 Å². The second-order valence-electron chi connectivity index (χ2n) is 10.7. The number of aryl methyl sites for hydroxylation is 1. The van der Waals surface area contributed by atoms with Crippen molar-refractivity contribution in [2.45, 2.75) is 80.3 Å². The van der Waals surface area contributed by atoms with Crippen LogP contribution in [0.15, 0.2) is 89.8 Å². The lowest BCUT2D eigenvalue weighted by atomic mass is 9.95. The van der Waals surface area contributed by atoms with Crippen molar-refractivity contribution >= 4 is 11.8 Å². The van der Waals surface area contributed by atoms with Gasteiger partial charge in [0, 0.05) is 19.1 Å². The molecule has 0 unspecified atom stereocenters. The number of hydrogen-bond donors (Lipinski definition) is 0. The topological polar surface area (TPSA) is 64.6 Å². The zero-order valence-electron chi connectivity index (χ0n) is 24.4. The van der Waals surface area contributed by atoms with E-state index in [1.165, 1.54) is 5.56 Å². The molecule has 0 N–H and O–H groups in total. The van der Waals surface area contributed by atoms with Gasteiger partial charge >= 0.3 is 0 Å². The second kappa shape index (κ2) is 13.4. The summed E-state index contributed by atoms with van der Waals surface area (Å²) in [5.41, 5.74) is 2.92. The van der Waals surface area contributed by atoms with Crippen molar-refractivity contribution in [3.05, 3.63) is 102 Å². The summed E-state index contributed by atoms with van der Waals surface area (Å²) in [7, 11) is 3.19. The Hall–Kier alpha value is -2.27. The summed E-state index contributed by atoms with van der Waals surface area (Å²) in [6.45, 7) is 6.90. The molecule has 0 spiro atoms. The largest absolute Gasteiger partial charge is 0.374 e. The van der Waals surface area contributed by atoms with Gasteiger partial charge in [0.25, 0.3) is 0 Å². The number of ether oxygens (including phenoxy) is 7. The maximum absolute atomic E-state index is 6.78. The van der Waals surface area contributed by atoms with Gasteiger partial charge in [0.05, 0.1) is 19.8 Å². The van der Waals surface area contributed by atoms with Gasteiger partial charge in [0.1, 0.15) is 29.9 Å². The molecular formula is C33H40O7S. The highest BCUT2D eigenvalue weighted by Crippen LogP contribution is 2.47. The first-order valence-electron chi connectivity index (χ1n) is 14.0.